The maximum atomic E-state index is 6.27. The van der Waals surface area contributed by atoms with Gasteiger partial charge in [-0.05, 0) is 88.0 Å². The molecule has 2 aliphatic heterocycles. The zero-order chi connectivity index (χ0) is 35.1. The van der Waals surface area contributed by atoms with Crippen LogP contribution in [0, 0.1) is 0 Å². The number of benzene rings is 8. The Morgan fingerprint density at radius 3 is 1.06 bits per heavy atom. The predicted octanol–water partition coefficient (Wildman–Crippen LogP) is 6.43. The van der Waals surface area contributed by atoms with Gasteiger partial charge in [0, 0.05) is 10.2 Å². The van der Waals surface area contributed by atoms with Gasteiger partial charge in [0.2, 0.25) is 0 Å². The van der Waals surface area contributed by atoms with E-state index in [0.29, 0.717) is 0 Å². The van der Waals surface area contributed by atoms with E-state index >= 15 is 0 Å². The number of rotatable bonds is 4. The molecule has 0 saturated carbocycles. The summed E-state index contributed by atoms with van der Waals surface area (Å²) in [6.07, 6.45) is 0. The van der Waals surface area contributed by atoms with E-state index in [-0.39, 0.29) is 0 Å². The van der Waals surface area contributed by atoms with Crippen LogP contribution in [0.1, 0.15) is 0 Å². The fraction of sp³-hybridized carbons (Fsp3) is 0. The smallest absolute Gasteiger partial charge is 0.180 e. The Morgan fingerprint density at radius 2 is 0.635 bits per heavy atom. The zero-order valence-electron chi connectivity index (χ0n) is 28.6. The van der Waals surface area contributed by atoms with Crippen LogP contribution in [0.2, 0.25) is 0 Å². The number of anilines is 1. The first kappa shape index (κ1) is 32.4. The van der Waals surface area contributed by atoms with E-state index < -0.39 is 16.1 Å². The van der Waals surface area contributed by atoms with Gasteiger partial charge in [-0.25, -0.2) is 0 Å². The highest BCUT2D eigenvalue weighted by molar-refractivity contribution is 9.10. The van der Waals surface area contributed by atoms with Gasteiger partial charge in [-0.2, -0.15) is 0 Å². The second-order valence-electron chi connectivity index (χ2n) is 13.6. The van der Waals surface area contributed by atoms with Crippen molar-refractivity contribution >= 4 is 79.3 Å². The van der Waals surface area contributed by atoms with E-state index in [2.05, 4.69) is 216 Å². The first-order valence-corrected chi connectivity index (χ1v) is 22.5. The molecule has 8 aromatic carbocycles. The zero-order valence-corrected chi connectivity index (χ0v) is 32.2. The first-order valence-electron chi connectivity index (χ1n) is 17.8. The minimum atomic E-state index is -2.34. The molecule has 0 fully saturated rings. The number of fused-ring (bicyclic) bond motifs is 6. The molecule has 8 aromatic rings. The number of nitrogen functional groups attached to an aromatic ring is 1. The molecule has 0 spiro atoms. The number of hydrogen-bond donors (Lipinski definition) is 1. The predicted molar refractivity (Wildman–Crippen MR) is 230 cm³/mol. The van der Waals surface area contributed by atoms with Crippen LogP contribution in [0.4, 0.5) is 5.69 Å². The van der Waals surface area contributed by atoms with Gasteiger partial charge in [0.25, 0.3) is 0 Å². The summed E-state index contributed by atoms with van der Waals surface area (Å²) in [5, 5.41) is 11.5. The van der Waals surface area contributed by atoms with Crippen LogP contribution in [0.3, 0.4) is 0 Å². The number of halogens is 1. The number of hydrogen-bond acceptors (Lipinski definition) is 1. The lowest BCUT2D eigenvalue weighted by molar-refractivity contribution is 1.67. The SMILES string of the molecule is Brc1ccc2c(c1)[Si](c1ccccc1)(c1ccccc1)c1ccccc1-2.Nc1ccc2c(c1)[Si](c1ccccc1)(c1ccccc1)c1ccccc1-2. The Morgan fingerprint density at radius 1 is 0.308 bits per heavy atom. The quantitative estimate of drug-likeness (QED) is 0.163. The molecule has 0 atom stereocenters. The van der Waals surface area contributed by atoms with Crippen molar-refractivity contribution in [3.05, 3.63) is 211 Å². The fourth-order valence-corrected chi connectivity index (χ4v) is 19.9. The Kier molecular flexibility index (Phi) is 8.24. The summed E-state index contributed by atoms with van der Waals surface area (Å²) in [5.41, 5.74) is 12.5. The lowest BCUT2D eigenvalue weighted by atomic mass is 10.1. The van der Waals surface area contributed by atoms with Crippen molar-refractivity contribution in [3.63, 3.8) is 0 Å². The summed E-state index contributed by atoms with van der Waals surface area (Å²) in [4.78, 5) is 0. The maximum Gasteiger partial charge on any atom is 0.180 e. The minimum absolute atomic E-state index is 0.834. The summed E-state index contributed by atoms with van der Waals surface area (Å²) in [7, 11) is -4.62. The van der Waals surface area contributed by atoms with Crippen molar-refractivity contribution in [1.82, 2.24) is 0 Å². The average Bonchev–Trinajstić information content (AvgIpc) is 3.67. The molecule has 4 heteroatoms. The molecular weight excluding hydrogens is 727 g/mol. The molecule has 1 nitrogen and oxygen atoms in total. The molecule has 0 amide bonds. The van der Waals surface area contributed by atoms with Gasteiger partial charge in [0.1, 0.15) is 0 Å². The molecule has 0 aromatic heterocycles. The molecule has 248 valence electrons. The van der Waals surface area contributed by atoms with E-state index in [1.54, 1.807) is 0 Å². The largest absolute Gasteiger partial charge is 0.399 e. The highest BCUT2D eigenvalue weighted by Crippen LogP contribution is 2.31. The molecule has 0 aliphatic carbocycles. The summed E-state index contributed by atoms with van der Waals surface area (Å²) in [6.45, 7) is 0. The third-order valence-corrected chi connectivity index (χ3v) is 21.1. The van der Waals surface area contributed by atoms with Crippen molar-refractivity contribution in [2.45, 2.75) is 0 Å². The van der Waals surface area contributed by atoms with Crippen molar-refractivity contribution in [2.75, 3.05) is 5.73 Å². The van der Waals surface area contributed by atoms with Gasteiger partial charge < -0.3 is 5.73 Å². The maximum absolute atomic E-state index is 6.27. The van der Waals surface area contributed by atoms with E-state index in [4.69, 9.17) is 5.73 Å². The second kappa shape index (κ2) is 13.2. The van der Waals surface area contributed by atoms with E-state index in [0.717, 1.165) is 10.2 Å². The van der Waals surface area contributed by atoms with Gasteiger partial charge in [-0.1, -0.05) is 198 Å². The Balaban J connectivity index is 0.000000138. The van der Waals surface area contributed by atoms with Crippen molar-refractivity contribution in [3.8, 4) is 22.3 Å². The van der Waals surface area contributed by atoms with Gasteiger partial charge in [-0.15, -0.1) is 0 Å². The van der Waals surface area contributed by atoms with Gasteiger partial charge in [-0.3, -0.25) is 0 Å². The van der Waals surface area contributed by atoms with Crippen LogP contribution in [0.5, 0.6) is 0 Å². The Labute approximate surface area is 316 Å². The van der Waals surface area contributed by atoms with E-state index in [1.807, 2.05) is 6.07 Å². The van der Waals surface area contributed by atoms with Crippen LogP contribution in [-0.4, -0.2) is 16.1 Å². The van der Waals surface area contributed by atoms with Crippen LogP contribution in [0.15, 0.2) is 211 Å². The monoisotopic (exact) mass is 761 g/mol. The van der Waals surface area contributed by atoms with Crippen LogP contribution >= 0.6 is 15.9 Å². The highest BCUT2D eigenvalue weighted by Gasteiger charge is 2.49. The molecule has 2 N–H and O–H groups in total. The van der Waals surface area contributed by atoms with Gasteiger partial charge >= 0.3 is 0 Å². The molecule has 0 unspecified atom stereocenters. The van der Waals surface area contributed by atoms with Crippen LogP contribution < -0.4 is 47.2 Å². The highest BCUT2D eigenvalue weighted by atomic mass is 79.9. The summed E-state index contributed by atoms with van der Waals surface area (Å²) >= 11 is 3.73. The topological polar surface area (TPSA) is 26.0 Å². The first-order chi connectivity index (χ1) is 25.6. The van der Waals surface area contributed by atoms with Crippen LogP contribution in [-0.2, 0) is 0 Å². The summed E-state index contributed by atoms with van der Waals surface area (Å²) < 4.78 is 1.15. The normalized spacial score (nSPS) is 13.9. The van der Waals surface area contributed by atoms with Crippen molar-refractivity contribution in [2.24, 2.45) is 0 Å². The molecule has 0 bridgehead atoms. The van der Waals surface area contributed by atoms with Crippen molar-refractivity contribution < 1.29 is 0 Å². The molecule has 2 aliphatic rings. The molecule has 0 radical (unpaired) electrons. The molecule has 10 rings (SSSR count). The summed E-state index contributed by atoms with van der Waals surface area (Å²) in [5.74, 6) is 0. The van der Waals surface area contributed by atoms with Crippen LogP contribution in [0.25, 0.3) is 22.3 Å². The van der Waals surface area contributed by atoms with Gasteiger partial charge in [0.05, 0.1) is 0 Å². The molecular formula is C48H36BrNSi2. The van der Waals surface area contributed by atoms with E-state index in [9.17, 15) is 0 Å². The number of nitrogens with two attached hydrogens (primary N) is 1. The lowest BCUT2D eigenvalue weighted by Gasteiger charge is -2.31. The molecule has 0 saturated heterocycles. The van der Waals surface area contributed by atoms with Crippen molar-refractivity contribution in [1.29, 1.82) is 0 Å². The molecule has 52 heavy (non-hydrogen) atoms. The molecule has 2 heterocycles. The second-order valence-corrected chi connectivity index (χ2v) is 21.9. The Bertz CT molecular complexity index is 2280. The Hall–Kier alpha value is -5.53. The minimum Gasteiger partial charge on any atom is -0.399 e. The lowest BCUT2D eigenvalue weighted by Crippen LogP contribution is -2.72. The van der Waals surface area contributed by atoms with Gasteiger partial charge in [0.15, 0.2) is 16.1 Å². The standard InChI is InChI=1S/C24H17BrSi.C24H19NSi/c2*25-18-15-16-22-21-13-7-8-14-23(21)26(24(22)17-18,19-9-3-1-4-10-19)20-11-5-2-6-12-20/h1-17H;1-17H,25H2. The summed E-state index contributed by atoms with van der Waals surface area (Å²) in [6, 6.07) is 75.2. The fourth-order valence-electron chi connectivity index (χ4n) is 8.88. The third-order valence-electron chi connectivity index (χ3n) is 10.9. The average molecular weight is 763 g/mol. The van der Waals surface area contributed by atoms with E-state index in [1.165, 1.54) is 63.7 Å². The third kappa shape index (κ3) is 4.94.